The Hall–Kier alpha value is -2.78. The normalized spacial score (nSPS) is 18.6. The molecule has 0 unspecified atom stereocenters. The number of amides is 2. The highest BCUT2D eigenvalue weighted by Crippen LogP contribution is 2.31. The first-order valence-corrected chi connectivity index (χ1v) is 8.90. The fraction of sp³-hybridized carbons (Fsp3) is 0.444. The molecular weight excluding hydrogens is 350 g/mol. The largest absolute Gasteiger partial charge is 0.347 e. The third kappa shape index (κ3) is 3.69. The summed E-state index contributed by atoms with van der Waals surface area (Å²) in [5.41, 5.74) is 0.980. The van der Waals surface area contributed by atoms with Crippen molar-refractivity contribution >= 4 is 17.5 Å². The molecule has 0 bridgehead atoms. The molecule has 2 aromatic rings. The van der Waals surface area contributed by atoms with Gasteiger partial charge >= 0.3 is 0 Å². The summed E-state index contributed by atoms with van der Waals surface area (Å²) >= 11 is 0. The Balaban J connectivity index is 1.41. The van der Waals surface area contributed by atoms with Gasteiger partial charge in [0, 0.05) is 39.1 Å². The molecular formula is C18H21N5O4. The lowest BCUT2D eigenvalue weighted by atomic mass is 10.0. The predicted molar refractivity (Wildman–Crippen MR) is 95.4 cm³/mol. The molecule has 2 aliphatic rings. The molecule has 2 fully saturated rings. The Morgan fingerprint density at radius 1 is 1.15 bits per heavy atom. The van der Waals surface area contributed by atoms with E-state index in [1.165, 1.54) is 6.92 Å². The van der Waals surface area contributed by atoms with Crippen molar-refractivity contribution in [3.8, 4) is 5.82 Å². The molecule has 2 saturated heterocycles. The van der Waals surface area contributed by atoms with Crippen molar-refractivity contribution in [1.29, 1.82) is 0 Å². The number of carbonyl (C=O) groups is 2. The summed E-state index contributed by atoms with van der Waals surface area (Å²) in [7, 11) is 0. The zero-order valence-electron chi connectivity index (χ0n) is 15.1. The molecule has 2 aromatic heterocycles. The Labute approximate surface area is 156 Å². The highest BCUT2D eigenvalue weighted by Gasteiger charge is 2.41. The molecule has 142 valence electrons. The van der Waals surface area contributed by atoms with Crippen LogP contribution in [0.1, 0.15) is 30.3 Å². The van der Waals surface area contributed by atoms with E-state index in [9.17, 15) is 9.59 Å². The molecule has 0 aromatic carbocycles. The zero-order valence-corrected chi connectivity index (χ0v) is 15.1. The Bertz CT molecular complexity index is 832. The highest BCUT2D eigenvalue weighted by atomic mass is 16.7. The first-order valence-electron chi connectivity index (χ1n) is 8.90. The number of hydrogen-bond donors (Lipinski definition) is 1. The number of rotatable bonds is 3. The van der Waals surface area contributed by atoms with Crippen molar-refractivity contribution in [3.63, 3.8) is 0 Å². The number of ether oxygens (including phenoxy) is 2. The number of hydrogen-bond acceptors (Lipinski definition) is 6. The van der Waals surface area contributed by atoms with Crippen LogP contribution in [0.4, 0.5) is 5.69 Å². The van der Waals surface area contributed by atoms with E-state index in [-0.39, 0.29) is 11.8 Å². The van der Waals surface area contributed by atoms with Crippen LogP contribution in [0.3, 0.4) is 0 Å². The average Bonchev–Trinajstić information content (AvgIpc) is 3.32. The molecule has 2 amide bonds. The van der Waals surface area contributed by atoms with Gasteiger partial charge in [0.25, 0.3) is 5.91 Å². The van der Waals surface area contributed by atoms with Crippen LogP contribution in [-0.4, -0.2) is 63.3 Å². The summed E-state index contributed by atoms with van der Waals surface area (Å²) in [5.74, 6) is -0.162. The highest BCUT2D eigenvalue weighted by molar-refractivity contribution is 5.92. The lowest BCUT2D eigenvalue weighted by Gasteiger charge is -2.37. The number of aromatic nitrogens is 3. The van der Waals surface area contributed by atoms with E-state index >= 15 is 0 Å². The van der Waals surface area contributed by atoms with E-state index in [1.54, 1.807) is 40.3 Å². The quantitative estimate of drug-likeness (QED) is 0.871. The number of imidazole rings is 1. The second-order valence-electron chi connectivity index (χ2n) is 6.65. The maximum Gasteiger partial charge on any atom is 0.274 e. The monoisotopic (exact) mass is 371 g/mol. The molecule has 27 heavy (non-hydrogen) atoms. The van der Waals surface area contributed by atoms with E-state index in [2.05, 4.69) is 15.3 Å². The molecule has 4 heterocycles. The van der Waals surface area contributed by atoms with E-state index in [0.29, 0.717) is 56.3 Å². The summed E-state index contributed by atoms with van der Waals surface area (Å²) < 4.78 is 13.1. The number of piperidine rings is 1. The second-order valence-corrected chi connectivity index (χ2v) is 6.65. The third-order valence-electron chi connectivity index (χ3n) is 4.76. The fourth-order valence-corrected chi connectivity index (χ4v) is 3.37. The molecule has 0 aliphatic carbocycles. The topological polar surface area (TPSA) is 98.6 Å². The van der Waals surface area contributed by atoms with E-state index < -0.39 is 5.79 Å². The summed E-state index contributed by atoms with van der Waals surface area (Å²) in [6, 6.07) is 3.50. The molecule has 0 radical (unpaired) electrons. The SMILES string of the molecule is CC(=O)Nc1ccc(-n2cnc(C(=O)N3CCC4(CC3)OCCO4)c2)nc1. The van der Waals surface area contributed by atoms with Crippen molar-refractivity contribution in [3.05, 3.63) is 36.5 Å². The Morgan fingerprint density at radius 2 is 1.89 bits per heavy atom. The van der Waals surface area contributed by atoms with Gasteiger partial charge in [-0.25, -0.2) is 9.97 Å². The van der Waals surface area contributed by atoms with Gasteiger partial charge in [-0.2, -0.15) is 0 Å². The van der Waals surface area contributed by atoms with Gasteiger partial charge in [0.2, 0.25) is 5.91 Å². The van der Waals surface area contributed by atoms with Crippen LogP contribution in [-0.2, 0) is 14.3 Å². The summed E-state index contributed by atoms with van der Waals surface area (Å²) in [6.07, 6.45) is 6.12. The van der Waals surface area contributed by atoms with Crippen LogP contribution in [0.2, 0.25) is 0 Å². The van der Waals surface area contributed by atoms with Gasteiger partial charge in [-0.1, -0.05) is 0 Å². The van der Waals surface area contributed by atoms with Gasteiger partial charge in [-0.15, -0.1) is 0 Å². The van der Waals surface area contributed by atoms with Crippen LogP contribution in [0, 0.1) is 0 Å². The molecule has 2 aliphatic heterocycles. The molecule has 0 saturated carbocycles. The number of pyridine rings is 1. The number of nitrogens with one attached hydrogen (secondary N) is 1. The van der Waals surface area contributed by atoms with Gasteiger partial charge in [-0.3, -0.25) is 14.2 Å². The maximum atomic E-state index is 12.7. The average molecular weight is 371 g/mol. The molecule has 4 rings (SSSR count). The molecule has 1 N–H and O–H groups in total. The smallest absolute Gasteiger partial charge is 0.274 e. The van der Waals surface area contributed by atoms with Crippen LogP contribution in [0.25, 0.3) is 5.82 Å². The fourth-order valence-electron chi connectivity index (χ4n) is 3.37. The van der Waals surface area contributed by atoms with Gasteiger partial charge in [0.1, 0.15) is 17.8 Å². The third-order valence-corrected chi connectivity index (χ3v) is 4.76. The van der Waals surface area contributed by atoms with Crippen molar-refractivity contribution in [1.82, 2.24) is 19.4 Å². The summed E-state index contributed by atoms with van der Waals surface area (Å²) in [5, 5.41) is 2.66. The minimum absolute atomic E-state index is 0.114. The zero-order chi connectivity index (χ0) is 18.9. The van der Waals surface area contributed by atoms with E-state index in [4.69, 9.17) is 9.47 Å². The van der Waals surface area contributed by atoms with E-state index in [1.807, 2.05) is 0 Å². The molecule has 0 atom stereocenters. The minimum atomic E-state index is -0.504. The molecule has 9 nitrogen and oxygen atoms in total. The molecule has 9 heteroatoms. The number of carbonyl (C=O) groups excluding carboxylic acids is 2. The van der Waals surface area contributed by atoms with Gasteiger partial charge in [0.05, 0.1) is 25.1 Å². The number of likely N-dealkylation sites (tertiary alicyclic amines) is 1. The van der Waals surface area contributed by atoms with Crippen molar-refractivity contribution < 1.29 is 19.1 Å². The molecule has 1 spiro atoms. The van der Waals surface area contributed by atoms with Gasteiger partial charge in [0.15, 0.2) is 5.79 Å². The number of nitrogens with zero attached hydrogens (tertiary/aromatic N) is 4. The summed E-state index contributed by atoms with van der Waals surface area (Å²) in [6.45, 7) is 3.83. The Morgan fingerprint density at radius 3 is 2.52 bits per heavy atom. The second kappa shape index (κ2) is 7.09. The van der Waals surface area contributed by atoms with Crippen molar-refractivity contribution in [2.45, 2.75) is 25.6 Å². The van der Waals surface area contributed by atoms with Gasteiger partial charge in [-0.05, 0) is 12.1 Å². The lowest BCUT2D eigenvalue weighted by molar-refractivity contribution is -0.181. The van der Waals surface area contributed by atoms with E-state index in [0.717, 1.165) is 0 Å². The van der Waals surface area contributed by atoms with Crippen LogP contribution >= 0.6 is 0 Å². The summed E-state index contributed by atoms with van der Waals surface area (Å²) in [4.78, 5) is 34.1. The lowest BCUT2D eigenvalue weighted by Crippen LogP contribution is -2.47. The van der Waals surface area contributed by atoms with Gasteiger partial charge < -0.3 is 19.7 Å². The predicted octanol–water partition coefficient (Wildman–Crippen LogP) is 1.20. The Kier molecular flexibility index (Phi) is 4.63. The van der Waals surface area contributed by atoms with Crippen molar-refractivity contribution in [2.75, 3.05) is 31.6 Å². The van der Waals surface area contributed by atoms with Crippen LogP contribution < -0.4 is 5.32 Å². The first-order chi connectivity index (χ1) is 13.0. The maximum absolute atomic E-state index is 12.7. The van der Waals surface area contributed by atoms with Crippen LogP contribution in [0.15, 0.2) is 30.9 Å². The first kappa shape index (κ1) is 17.6. The minimum Gasteiger partial charge on any atom is -0.347 e. The standard InChI is InChI=1S/C18H21N5O4/c1-13(24)21-14-2-3-16(19-10-14)23-11-15(20-12-23)17(25)22-6-4-18(5-7-22)26-8-9-27-18/h2-3,10-12H,4-9H2,1H3,(H,21,24). The van der Waals surface area contributed by atoms with Crippen molar-refractivity contribution in [2.24, 2.45) is 0 Å². The number of anilines is 1. The van der Waals surface area contributed by atoms with Crippen LogP contribution in [0.5, 0.6) is 0 Å².